The summed E-state index contributed by atoms with van der Waals surface area (Å²) in [5, 5.41) is 4.55. The standard InChI is InChI=1S/C26H25N5O3S/c32-26(30-18-16-21(17-19-30)29-35(33,34)23-14-8-3-9-15-23)24-27-25(20-10-4-1-5-11-20)31(28-24)22-12-6-2-7-13-22/h1-15,21,29H,16-19H2. The fourth-order valence-corrected chi connectivity index (χ4v) is 5.48. The van der Waals surface area contributed by atoms with E-state index in [2.05, 4.69) is 14.8 Å². The smallest absolute Gasteiger partial charge is 0.293 e. The number of benzene rings is 3. The Bertz CT molecular complexity index is 1340. The first-order valence-corrected chi connectivity index (χ1v) is 12.9. The maximum Gasteiger partial charge on any atom is 0.293 e. The molecule has 9 heteroatoms. The number of aromatic nitrogens is 3. The lowest BCUT2D eigenvalue weighted by molar-refractivity contribution is 0.0699. The van der Waals surface area contributed by atoms with E-state index >= 15 is 0 Å². The van der Waals surface area contributed by atoms with Gasteiger partial charge < -0.3 is 4.90 Å². The quantitative estimate of drug-likeness (QED) is 0.449. The molecule has 0 aliphatic carbocycles. The van der Waals surface area contributed by atoms with E-state index in [0.717, 1.165) is 11.3 Å². The maximum atomic E-state index is 13.3. The van der Waals surface area contributed by atoms with Gasteiger partial charge in [0.25, 0.3) is 5.91 Å². The average molecular weight is 488 g/mol. The van der Waals surface area contributed by atoms with Crippen LogP contribution < -0.4 is 4.72 Å². The first-order chi connectivity index (χ1) is 17.0. The van der Waals surface area contributed by atoms with Crippen LogP contribution in [0.1, 0.15) is 23.5 Å². The fourth-order valence-electron chi connectivity index (χ4n) is 4.15. The number of hydrogen-bond donors (Lipinski definition) is 1. The van der Waals surface area contributed by atoms with Crippen molar-refractivity contribution in [3.63, 3.8) is 0 Å². The molecule has 0 radical (unpaired) electrons. The number of piperidine rings is 1. The van der Waals surface area contributed by atoms with Gasteiger partial charge in [0.05, 0.1) is 10.6 Å². The van der Waals surface area contributed by atoms with Gasteiger partial charge in [-0.25, -0.2) is 22.8 Å². The molecule has 178 valence electrons. The first kappa shape index (κ1) is 22.9. The molecule has 0 bridgehead atoms. The van der Waals surface area contributed by atoms with Gasteiger partial charge in [0, 0.05) is 24.7 Å². The van der Waals surface area contributed by atoms with Crippen LogP contribution in [0.4, 0.5) is 0 Å². The molecule has 35 heavy (non-hydrogen) atoms. The number of nitrogens with zero attached hydrogens (tertiary/aromatic N) is 4. The molecule has 1 aliphatic rings. The molecule has 4 aromatic rings. The zero-order chi connectivity index (χ0) is 24.3. The zero-order valence-corrected chi connectivity index (χ0v) is 19.8. The van der Waals surface area contributed by atoms with Gasteiger partial charge in [-0.05, 0) is 37.1 Å². The lowest BCUT2D eigenvalue weighted by Crippen LogP contribution is -2.46. The van der Waals surface area contributed by atoms with Gasteiger partial charge in [-0.15, -0.1) is 5.10 Å². The average Bonchev–Trinajstić information content (AvgIpc) is 3.36. The number of likely N-dealkylation sites (tertiary alicyclic amines) is 1. The third-order valence-electron chi connectivity index (χ3n) is 5.99. The van der Waals surface area contributed by atoms with Crippen LogP contribution in [0, 0.1) is 0 Å². The molecule has 1 aromatic heterocycles. The Morgan fingerprint density at radius 2 is 1.40 bits per heavy atom. The Morgan fingerprint density at radius 3 is 2.03 bits per heavy atom. The van der Waals surface area contributed by atoms with Crippen molar-refractivity contribution in [1.29, 1.82) is 0 Å². The minimum Gasteiger partial charge on any atom is -0.336 e. The fraction of sp³-hybridized carbons (Fsp3) is 0.192. The van der Waals surface area contributed by atoms with E-state index in [-0.39, 0.29) is 22.7 Å². The normalized spacial score (nSPS) is 14.7. The number of carbonyl (C=O) groups excluding carboxylic acids is 1. The van der Waals surface area contributed by atoms with Crippen LogP contribution >= 0.6 is 0 Å². The maximum absolute atomic E-state index is 13.3. The predicted molar refractivity (Wildman–Crippen MR) is 132 cm³/mol. The zero-order valence-electron chi connectivity index (χ0n) is 19.0. The molecule has 1 aliphatic heterocycles. The predicted octanol–water partition coefficient (Wildman–Crippen LogP) is 3.52. The molecule has 8 nitrogen and oxygen atoms in total. The molecule has 3 aromatic carbocycles. The van der Waals surface area contributed by atoms with Crippen molar-refractivity contribution >= 4 is 15.9 Å². The SMILES string of the molecule is O=C(c1nc(-c2ccccc2)n(-c2ccccc2)n1)N1CCC(NS(=O)(=O)c2ccccc2)CC1. The molecular formula is C26H25N5O3S. The van der Waals surface area contributed by atoms with Crippen molar-refractivity contribution in [3.8, 4) is 17.1 Å². The highest BCUT2D eigenvalue weighted by molar-refractivity contribution is 7.89. The molecule has 1 amide bonds. The number of sulfonamides is 1. The van der Waals surface area contributed by atoms with Gasteiger partial charge in [0.2, 0.25) is 15.8 Å². The van der Waals surface area contributed by atoms with E-state index in [1.165, 1.54) is 0 Å². The Morgan fingerprint density at radius 1 is 0.829 bits per heavy atom. The van der Waals surface area contributed by atoms with E-state index in [0.29, 0.717) is 31.8 Å². The molecular weight excluding hydrogens is 462 g/mol. The Kier molecular flexibility index (Phi) is 6.43. The molecule has 2 heterocycles. The summed E-state index contributed by atoms with van der Waals surface area (Å²) in [6.45, 7) is 0.836. The summed E-state index contributed by atoms with van der Waals surface area (Å²) in [7, 11) is -3.59. The van der Waals surface area contributed by atoms with Crippen molar-refractivity contribution in [1.82, 2.24) is 24.4 Å². The summed E-state index contributed by atoms with van der Waals surface area (Å²) in [6, 6.07) is 27.3. The summed E-state index contributed by atoms with van der Waals surface area (Å²) >= 11 is 0. The largest absolute Gasteiger partial charge is 0.336 e. The molecule has 0 atom stereocenters. The second-order valence-corrected chi connectivity index (χ2v) is 10.1. The van der Waals surface area contributed by atoms with E-state index in [1.807, 2.05) is 60.7 Å². The molecule has 1 N–H and O–H groups in total. The van der Waals surface area contributed by atoms with E-state index < -0.39 is 10.0 Å². The molecule has 0 spiro atoms. The van der Waals surface area contributed by atoms with Crippen LogP contribution in [-0.4, -0.2) is 53.1 Å². The van der Waals surface area contributed by atoms with Crippen LogP contribution in [0.25, 0.3) is 17.1 Å². The van der Waals surface area contributed by atoms with Gasteiger partial charge in [0.15, 0.2) is 5.82 Å². The lowest BCUT2D eigenvalue weighted by atomic mass is 10.1. The van der Waals surface area contributed by atoms with Crippen LogP contribution in [0.3, 0.4) is 0 Å². The van der Waals surface area contributed by atoms with E-state index in [4.69, 9.17) is 0 Å². The molecule has 0 unspecified atom stereocenters. The first-order valence-electron chi connectivity index (χ1n) is 11.5. The number of hydrogen-bond acceptors (Lipinski definition) is 5. The number of carbonyl (C=O) groups is 1. The van der Waals surface area contributed by atoms with Crippen molar-refractivity contribution in [3.05, 3.63) is 96.8 Å². The second-order valence-electron chi connectivity index (χ2n) is 8.37. The van der Waals surface area contributed by atoms with Crippen LogP contribution in [0.5, 0.6) is 0 Å². The van der Waals surface area contributed by atoms with E-state index in [1.54, 1.807) is 39.9 Å². The van der Waals surface area contributed by atoms with Gasteiger partial charge in [0.1, 0.15) is 0 Å². The minimum absolute atomic E-state index is 0.121. The number of rotatable bonds is 6. The highest BCUT2D eigenvalue weighted by atomic mass is 32.2. The third-order valence-corrected chi connectivity index (χ3v) is 7.53. The molecule has 1 fully saturated rings. The molecule has 1 saturated heterocycles. The van der Waals surface area contributed by atoms with Crippen LogP contribution in [0.2, 0.25) is 0 Å². The summed E-state index contributed by atoms with van der Waals surface area (Å²) in [4.78, 5) is 19.8. The minimum atomic E-state index is -3.59. The van der Waals surface area contributed by atoms with Crippen molar-refractivity contribution in [2.24, 2.45) is 0 Å². The van der Waals surface area contributed by atoms with E-state index in [9.17, 15) is 13.2 Å². The van der Waals surface area contributed by atoms with Crippen molar-refractivity contribution in [2.75, 3.05) is 13.1 Å². The van der Waals surface area contributed by atoms with Crippen LogP contribution in [-0.2, 0) is 10.0 Å². The van der Waals surface area contributed by atoms with Gasteiger partial charge in [-0.2, -0.15) is 0 Å². The van der Waals surface area contributed by atoms with Crippen LogP contribution in [0.15, 0.2) is 95.9 Å². The molecule has 5 rings (SSSR count). The highest BCUT2D eigenvalue weighted by Crippen LogP contribution is 2.22. The summed E-state index contributed by atoms with van der Waals surface area (Å²) in [6.07, 6.45) is 1.03. The molecule has 0 saturated carbocycles. The van der Waals surface area contributed by atoms with Gasteiger partial charge in [-0.3, -0.25) is 4.79 Å². The Labute approximate surface area is 204 Å². The number of nitrogens with one attached hydrogen (secondary N) is 1. The lowest BCUT2D eigenvalue weighted by Gasteiger charge is -2.31. The second kappa shape index (κ2) is 9.81. The Hall–Kier alpha value is -3.82. The summed E-state index contributed by atoms with van der Waals surface area (Å²) in [5.74, 6) is 0.447. The van der Waals surface area contributed by atoms with Gasteiger partial charge >= 0.3 is 0 Å². The third kappa shape index (κ3) is 5.01. The number of amides is 1. The van der Waals surface area contributed by atoms with Crippen molar-refractivity contribution in [2.45, 2.75) is 23.8 Å². The number of para-hydroxylation sites is 1. The highest BCUT2D eigenvalue weighted by Gasteiger charge is 2.29. The topological polar surface area (TPSA) is 97.2 Å². The Balaban J connectivity index is 1.32. The summed E-state index contributed by atoms with van der Waals surface area (Å²) < 4.78 is 29.7. The van der Waals surface area contributed by atoms with Crippen molar-refractivity contribution < 1.29 is 13.2 Å². The van der Waals surface area contributed by atoms with Gasteiger partial charge in [-0.1, -0.05) is 66.7 Å². The summed E-state index contributed by atoms with van der Waals surface area (Å²) in [5.41, 5.74) is 1.67. The monoisotopic (exact) mass is 487 g/mol.